The maximum absolute atomic E-state index is 13.9. The van der Waals surface area contributed by atoms with Crippen LogP contribution < -0.4 is 10.1 Å². The van der Waals surface area contributed by atoms with Crippen molar-refractivity contribution in [3.63, 3.8) is 0 Å². The van der Waals surface area contributed by atoms with Crippen LogP contribution in [-0.4, -0.2) is 23.3 Å². The second kappa shape index (κ2) is 6.30. The quantitative estimate of drug-likeness (QED) is 0.680. The van der Waals surface area contributed by atoms with Crippen LogP contribution in [0.1, 0.15) is 0 Å². The van der Waals surface area contributed by atoms with Crippen molar-refractivity contribution < 1.29 is 22.4 Å². The molecule has 4 nitrogen and oxygen atoms in total. The zero-order chi connectivity index (χ0) is 16.3. The van der Waals surface area contributed by atoms with E-state index in [2.05, 4.69) is 11.6 Å². The van der Waals surface area contributed by atoms with Gasteiger partial charge in [-0.2, -0.15) is 18.2 Å². The van der Waals surface area contributed by atoms with E-state index in [9.17, 15) is 22.4 Å². The summed E-state index contributed by atoms with van der Waals surface area (Å²) in [6.45, 7) is 2.23. The van der Waals surface area contributed by atoms with Gasteiger partial charge in [-0.1, -0.05) is 23.5 Å². The van der Waals surface area contributed by atoms with Gasteiger partial charge in [-0.05, 0) is 12.1 Å². The minimum absolute atomic E-state index is 0.0969. The van der Waals surface area contributed by atoms with Crippen LogP contribution in [-0.2, 0) is 6.54 Å². The predicted octanol–water partition coefficient (Wildman–Crippen LogP) is 3.20. The van der Waals surface area contributed by atoms with E-state index in [-0.39, 0.29) is 16.9 Å². The van der Waals surface area contributed by atoms with Gasteiger partial charge >= 0.3 is 12.2 Å². The third kappa shape index (κ3) is 3.73. The lowest BCUT2D eigenvalue weighted by Crippen LogP contribution is -2.33. The first-order chi connectivity index (χ1) is 10.3. The Morgan fingerprint density at radius 2 is 2.18 bits per heavy atom. The SMILES string of the molecule is C=CCn1c(=NC(=O)NCC(F)(F)F)sc2cccc(F)c21. The van der Waals surface area contributed by atoms with E-state index in [1.165, 1.54) is 22.8 Å². The van der Waals surface area contributed by atoms with Gasteiger partial charge in [0.15, 0.2) is 4.80 Å². The Labute approximate surface area is 126 Å². The van der Waals surface area contributed by atoms with E-state index in [0.717, 1.165) is 11.3 Å². The lowest BCUT2D eigenvalue weighted by atomic mass is 10.3. The first kappa shape index (κ1) is 16.2. The fraction of sp³-hybridized carbons (Fsp3) is 0.231. The highest BCUT2D eigenvalue weighted by atomic mass is 32.1. The molecule has 22 heavy (non-hydrogen) atoms. The topological polar surface area (TPSA) is 46.4 Å². The van der Waals surface area contributed by atoms with E-state index >= 15 is 0 Å². The molecule has 0 unspecified atom stereocenters. The van der Waals surface area contributed by atoms with Crippen molar-refractivity contribution >= 4 is 27.6 Å². The average molecular weight is 333 g/mol. The van der Waals surface area contributed by atoms with Gasteiger partial charge in [0, 0.05) is 6.54 Å². The van der Waals surface area contributed by atoms with Crippen LogP contribution in [0.2, 0.25) is 0 Å². The minimum atomic E-state index is -4.52. The van der Waals surface area contributed by atoms with Crippen LogP contribution >= 0.6 is 11.3 Å². The van der Waals surface area contributed by atoms with Gasteiger partial charge in [-0.3, -0.25) is 0 Å². The second-order valence-electron chi connectivity index (χ2n) is 4.26. The van der Waals surface area contributed by atoms with Gasteiger partial charge in [0.25, 0.3) is 0 Å². The number of amides is 2. The summed E-state index contributed by atoms with van der Waals surface area (Å²) in [6.07, 6.45) is -3.04. The zero-order valence-electron chi connectivity index (χ0n) is 11.2. The lowest BCUT2D eigenvalue weighted by molar-refractivity contribution is -0.122. The van der Waals surface area contributed by atoms with E-state index in [0.29, 0.717) is 4.70 Å². The van der Waals surface area contributed by atoms with Crippen molar-refractivity contribution in [2.75, 3.05) is 6.54 Å². The highest BCUT2D eigenvalue weighted by Crippen LogP contribution is 2.20. The summed E-state index contributed by atoms with van der Waals surface area (Å²) >= 11 is 1.01. The first-order valence-corrected chi connectivity index (χ1v) is 6.91. The van der Waals surface area contributed by atoms with Gasteiger partial charge < -0.3 is 9.88 Å². The fourth-order valence-electron chi connectivity index (χ4n) is 1.77. The molecule has 0 aliphatic rings. The Morgan fingerprint density at radius 1 is 1.45 bits per heavy atom. The van der Waals surface area contributed by atoms with Crippen LogP contribution in [0, 0.1) is 5.82 Å². The number of fused-ring (bicyclic) bond motifs is 1. The van der Waals surface area contributed by atoms with Crippen molar-refractivity contribution in [1.29, 1.82) is 0 Å². The molecular weight excluding hydrogens is 322 g/mol. The molecular formula is C13H11F4N3OS. The molecule has 0 atom stereocenters. The van der Waals surface area contributed by atoms with Gasteiger partial charge in [0.05, 0.1) is 10.2 Å². The van der Waals surface area contributed by atoms with Gasteiger partial charge in [-0.25, -0.2) is 9.18 Å². The predicted molar refractivity (Wildman–Crippen MR) is 75.0 cm³/mol. The first-order valence-electron chi connectivity index (χ1n) is 6.10. The van der Waals surface area contributed by atoms with Crippen LogP contribution in [0.3, 0.4) is 0 Å². The Morgan fingerprint density at radius 3 is 2.82 bits per heavy atom. The molecule has 0 saturated heterocycles. The molecule has 1 N–H and O–H groups in total. The number of rotatable bonds is 3. The summed E-state index contributed by atoms with van der Waals surface area (Å²) in [4.78, 5) is 15.1. The summed E-state index contributed by atoms with van der Waals surface area (Å²) in [6, 6.07) is 3.25. The zero-order valence-corrected chi connectivity index (χ0v) is 12.0. The smallest absolute Gasteiger partial charge is 0.327 e. The monoisotopic (exact) mass is 333 g/mol. The maximum atomic E-state index is 13.9. The van der Waals surface area contributed by atoms with Crippen LogP contribution in [0.25, 0.3) is 10.2 Å². The molecule has 0 fully saturated rings. The Kier molecular flexibility index (Phi) is 4.65. The summed E-state index contributed by atoms with van der Waals surface area (Å²) in [5, 5.41) is 1.64. The number of carbonyl (C=O) groups is 1. The molecule has 2 aromatic rings. The molecule has 0 aliphatic carbocycles. The number of hydrogen-bond donors (Lipinski definition) is 1. The summed E-state index contributed by atoms with van der Waals surface area (Å²) in [5.74, 6) is -0.507. The minimum Gasteiger partial charge on any atom is -0.327 e. The van der Waals surface area contributed by atoms with Crippen LogP contribution in [0.4, 0.5) is 22.4 Å². The van der Waals surface area contributed by atoms with Crippen molar-refractivity contribution in [2.45, 2.75) is 12.7 Å². The van der Waals surface area contributed by atoms with Crippen molar-refractivity contribution in [1.82, 2.24) is 9.88 Å². The molecule has 1 heterocycles. The number of nitrogens with one attached hydrogen (secondary N) is 1. The number of thiazole rings is 1. The Balaban J connectivity index is 2.43. The van der Waals surface area contributed by atoms with Crippen molar-refractivity contribution in [3.8, 4) is 0 Å². The number of para-hydroxylation sites is 1. The molecule has 1 aromatic heterocycles. The standard InChI is InChI=1S/C13H11F4N3OS/c1-2-6-20-10-8(14)4-3-5-9(10)22-12(20)19-11(21)18-7-13(15,16)17/h2-5H,1,6-7H2,(H,18,21). The number of benzene rings is 1. The molecule has 9 heteroatoms. The number of nitrogens with zero attached hydrogens (tertiary/aromatic N) is 2. The molecule has 0 radical (unpaired) electrons. The molecule has 0 bridgehead atoms. The van der Waals surface area contributed by atoms with Gasteiger partial charge in [-0.15, -0.1) is 6.58 Å². The highest BCUT2D eigenvalue weighted by molar-refractivity contribution is 7.16. The maximum Gasteiger partial charge on any atom is 0.405 e. The molecule has 0 aliphatic heterocycles. The van der Waals surface area contributed by atoms with Crippen molar-refractivity contribution in [3.05, 3.63) is 41.5 Å². The lowest BCUT2D eigenvalue weighted by Gasteiger charge is -2.05. The number of hydrogen-bond acceptors (Lipinski definition) is 2. The number of urea groups is 1. The van der Waals surface area contributed by atoms with E-state index in [1.54, 1.807) is 11.4 Å². The van der Waals surface area contributed by atoms with Crippen LogP contribution in [0.15, 0.2) is 35.8 Å². The number of aromatic nitrogens is 1. The van der Waals surface area contributed by atoms with E-state index in [4.69, 9.17) is 0 Å². The molecule has 2 amide bonds. The normalized spacial score (nSPS) is 12.6. The van der Waals surface area contributed by atoms with E-state index < -0.39 is 24.6 Å². The molecule has 0 spiro atoms. The third-order valence-corrected chi connectivity index (χ3v) is 3.64. The number of halogens is 4. The van der Waals surface area contributed by atoms with Gasteiger partial charge in [0.1, 0.15) is 12.4 Å². The molecule has 118 valence electrons. The number of alkyl halides is 3. The second-order valence-corrected chi connectivity index (χ2v) is 5.27. The summed E-state index contributed by atoms with van der Waals surface area (Å²) in [7, 11) is 0. The van der Waals surface area contributed by atoms with Crippen molar-refractivity contribution in [2.24, 2.45) is 4.99 Å². The molecule has 2 rings (SSSR count). The summed E-state index contributed by atoms with van der Waals surface area (Å²) < 4.78 is 52.0. The third-order valence-electron chi connectivity index (χ3n) is 2.60. The average Bonchev–Trinajstić information content (AvgIpc) is 2.75. The van der Waals surface area contributed by atoms with Crippen LogP contribution in [0.5, 0.6) is 0 Å². The summed E-state index contributed by atoms with van der Waals surface area (Å²) in [5.41, 5.74) is 0.231. The number of carbonyl (C=O) groups excluding carboxylic acids is 1. The molecule has 1 aromatic carbocycles. The van der Waals surface area contributed by atoms with Gasteiger partial charge in [0.2, 0.25) is 0 Å². The fourth-order valence-corrected chi connectivity index (χ4v) is 2.83. The molecule has 0 saturated carbocycles. The number of allylic oxidation sites excluding steroid dienone is 1. The van der Waals surface area contributed by atoms with E-state index in [1.807, 2.05) is 0 Å². The Bertz CT molecular complexity index is 776. The Hall–Kier alpha value is -2.16. The largest absolute Gasteiger partial charge is 0.405 e. The highest BCUT2D eigenvalue weighted by Gasteiger charge is 2.27.